The van der Waals surface area contributed by atoms with Crippen molar-refractivity contribution in [1.82, 2.24) is 9.97 Å². The van der Waals surface area contributed by atoms with E-state index in [2.05, 4.69) is 19.5 Å². The molecule has 0 spiro atoms. The van der Waals surface area contributed by atoms with Crippen LogP contribution in [0.15, 0.2) is 42.9 Å². The van der Waals surface area contributed by atoms with Crippen LogP contribution < -0.4 is 10.5 Å². The summed E-state index contributed by atoms with van der Waals surface area (Å²) in [5.74, 6) is -0.625. The standard InChI is InChI=1S/C22H22Cl2N4O6S2/c23-16-4-2-1-3-13(16)19(30)14-7-18(35-21(14)24)20(31)15-8-26-10-27-22(15)28-12-5-11(17(29)6-12)9-34-36(25,32)33/h1-4,7-8,10-12,17,19,29-30H,5-6,9H2,(H2,25,32,33)(H,26,27,28)/t11-,12?,17+,19-/m1/s1. The first-order valence-electron chi connectivity index (χ1n) is 10.7. The minimum atomic E-state index is -4.12. The molecule has 2 heterocycles. The molecule has 1 unspecified atom stereocenters. The predicted molar refractivity (Wildman–Crippen MR) is 136 cm³/mol. The molecule has 36 heavy (non-hydrogen) atoms. The highest BCUT2D eigenvalue weighted by molar-refractivity contribution is 7.84. The van der Waals surface area contributed by atoms with Crippen molar-refractivity contribution in [2.24, 2.45) is 11.1 Å². The summed E-state index contributed by atoms with van der Waals surface area (Å²) in [7, 11) is -4.12. The van der Waals surface area contributed by atoms with E-state index < -0.39 is 34.2 Å². The molecular weight excluding hydrogens is 551 g/mol. The average Bonchev–Trinajstić information content (AvgIpc) is 3.39. The van der Waals surface area contributed by atoms with E-state index in [1.165, 1.54) is 18.6 Å². The van der Waals surface area contributed by atoms with Crippen LogP contribution in [0.4, 0.5) is 5.82 Å². The summed E-state index contributed by atoms with van der Waals surface area (Å²) in [5.41, 5.74) is 0.984. The van der Waals surface area contributed by atoms with Gasteiger partial charge in [0.05, 0.1) is 27.5 Å². The second-order valence-electron chi connectivity index (χ2n) is 8.30. The maximum atomic E-state index is 13.3. The quantitative estimate of drug-likeness (QED) is 0.282. The van der Waals surface area contributed by atoms with Gasteiger partial charge < -0.3 is 15.5 Å². The van der Waals surface area contributed by atoms with E-state index in [4.69, 9.17) is 28.3 Å². The van der Waals surface area contributed by atoms with Crippen LogP contribution in [0.1, 0.15) is 45.3 Å². The summed E-state index contributed by atoms with van der Waals surface area (Å²) < 4.78 is 27.0. The third-order valence-corrected chi connectivity index (χ3v) is 8.03. The van der Waals surface area contributed by atoms with E-state index in [1.807, 2.05) is 0 Å². The van der Waals surface area contributed by atoms with Gasteiger partial charge in [-0.2, -0.15) is 8.42 Å². The van der Waals surface area contributed by atoms with E-state index in [-0.39, 0.29) is 39.7 Å². The summed E-state index contributed by atoms with van der Waals surface area (Å²) >= 11 is 13.6. The molecule has 3 aromatic rings. The van der Waals surface area contributed by atoms with Crippen LogP contribution in [0.5, 0.6) is 0 Å². The van der Waals surface area contributed by atoms with Crippen LogP contribution in [0.25, 0.3) is 0 Å². The van der Waals surface area contributed by atoms with Crippen LogP contribution in [-0.2, 0) is 14.5 Å². The van der Waals surface area contributed by atoms with Gasteiger partial charge in [0, 0.05) is 34.3 Å². The minimum Gasteiger partial charge on any atom is -0.393 e. The molecule has 0 bridgehead atoms. The number of hydrogen-bond acceptors (Lipinski definition) is 10. The number of nitrogens with one attached hydrogen (secondary N) is 1. The first-order valence-corrected chi connectivity index (χ1v) is 13.8. The number of hydrogen-bond donors (Lipinski definition) is 4. The third-order valence-electron chi connectivity index (χ3n) is 5.83. The van der Waals surface area contributed by atoms with Crippen LogP contribution in [0.2, 0.25) is 9.36 Å². The SMILES string of the molecule is NS(=O)(=O)OC[C@H]1CC(Nc2ncncc2C(=O)c2cc([C@H](O)c3ccccc3Cl)c(Cl)s2)C[C@@H]1O. The molecule has 1 aromatic carbocycles. The lowest BCUT2D eigenvalue weighted by atomic mass is 10.0. The van der Waals surface area contributed by atoms with Crippen molar-refractivity contribution in [3.8, 4) is 0 Å². The number of nitrogens with zero attached hydrogens (tertiary/aromatic N) is 2. The van der Waals surface area contributed by atoms with Gasteiger partial charge in [0.2, 0.25) is 5.78 Å². The molecule has 4 atom stereocenters. The van der Waals surface area contributed by atoms with Gasteiger partial charge in [0.25, 0.3) is 0 Å². The highest BCUT2D eigenvalue weighted by Crippen LogP contribution is 2.38. The van der Waals surface area contributed by atoms with E-state index in [0.717, 1.165) is 11.3 Å². The van der Waals surface area contributed by atoms with Gasteiger partial charge >= 0.3 is 10.3 Å². The Bertz CT molecular complexity index is 1370. The Morgan fingerprint density at radius 3 is 2.75 bits per heavy atom. The molecule has 10 nitrogen and oxygen atoms in total. The van der Waals surface area contributed by atoms with Gasteiger partial charge in [0.15, 0.2) is 0 Å². The fourth-order valence-corrected chi connectivity index (χ4v) is 5.95. The Kier molecular flexibility index (Phi) is 8.27. The fraction of sp³-hybridized carbons (Fsp3) is 0.318. The fourth-order valence-electron chi connectivity index (χ4n) is 4.06. The van der Waals surface area contributed by atoms with Gasteiger partial charge in [-0.05, 0) is 25.0 Å². The van der Waals surface area contributed by atoms with Crippen molar-refractivity contribution >= 4 is 56.4 Å². The number of benzene rings is 1. The summed E-state index contributed by atoms with van der Waals surface area (Å²) in [4.78, 5) is 21.8. The van der Waals surface area contributed by atoms with E-state index in [0.29, 0.717) is 22.6 Å². The largest absolute Gasteiger partial charge is 0.393 e. The molecule has 1 saturated carbocycles. The van der Waals surface area contributed by atoms with Crippen LogP contribution in [0, 0.1) is 5.92 Å². The second kappa shape index (κ2) is 11.1. The maximum Gasteiger partial charge on any atom is 0.333 e. The second-order valence-corrected chi connectivity index (χ2v) is 11.6. The number of aliphatic hydroxyl groups is 2. The predicted octanol–water partition coefficient (Wildman–Crippen LogP) is 2.93. The number of anilines is 1. The number of rotatable bonds is 9. The normalized spacial score (nSPS) is 20.9. The van der Waals surface area contributed by atoms with Crippen LogP contribution in [-0.4, -0.2) is 53.1 Å². The van der Waals surface area contributed by atoms with Crippen molar-refractivity contribution in [3.05, 3.63) is 73.8 Å². The lowest BCUT2D eigenvalue weighted by Gasteiger charge is -2.15. The zero-order chi connectivity index (χ0) is 26.0. The Balaban J connectivity index is 1.52. The number of carbonyl (C=O) groups excluding carboxylic acids is 1. The number of aromatic nitrogens is 2. The number of thiophene rings is 1. The van der Waals surface area contributed by atoms with Crippen molar-refractivity contribution in [3.63, 3.8) is 0 Å². The van der Waals surface area contributed by atoms with Crippen LogP contribution >= 0.6 is 34.5 Å². The molecule has 0 saturated heterocycles. The summed E-state index contributed by atoms with van der Waals surface area (Å²) in [6.45, 7) is -0.252. The number of halogens is 2. The maximum absolute atomic E-state index is 13.3. The monoisotopic (exact) mass is 572 g/mol. The van der Waals surface area contributed by atoms with E-state index in [1.54, 1.807) is 24.3 Å². The molecule has 4 rings (SSSR count). The van der Waals surface area contributed by atoms with Gasteiger partial charge in [-0.25, -0.2) is 15.1 Å². The Morgan fingerprint density at radius 1 is 1.28 bits per heavy atom. The minimum absolute atomic E-state index is 0.174. The van der Waals surface area contributed by atoms with Gasteiger partial charge in [-0.1, -0.05) is 41.4 Å². The molecule has 14 heteroatoms. The van der Waals surface area contributed by atoms with E-state index in [9.17, 15) is 23.4 Å². The Labute approximate surface area is 221 Å². The average molecular weight is 573 g/mol. The zero-order valence-corrected chi connectivity index (χ0v) is 21.7. The zero-order valence-electron chi connectivity index (χ0n) is 18.5. The lowest BCUT2D eigenvalue weighted by Crippen LogP contribution is -2.24. The first kappa shape index (κ1) is 26.9. The molecule has 0 radical (unpaired) electrons. The number of aliphatic hydroxyl groups excluding tert-OH is 2. The molecule has 1 aliphatic rings. The van der Waals surface area contributed by atoms with Gasteiger partial charge in [-0.15, -0.1) is 11.3 Å². The Morgan fingerprint density at radius 2 is 2.03 bits per heavy atom. The molecule has 5 N–H and O–H groups in total. The van der Waals surface area contributed by atoms with Gasteiger partial charge in [0.1, 0.15) is 18.2 Å². The first-order chi connectivity index (χ1) is 17.0. The van der Waals surface area contributed by atoms with E-state index >= 15 is 0 Å². The Hall–Kier alpha value is -2.16. The molecular formula is C22H22Cl2N4O6S2. The molecule has 0 aliphatic heterocycles. The highest BCUT2D eigenvalue weighted by Gasteiger charge is 2.35. The number of nitrogens with two attached hydrogens (primary N) is 1. The van der Waals surface area contributed by atoms with Gasteiger partial charge in [-0.3, -0.25) is 8.98 Å². The smallest absolute Gasteiger partial charge is 0.333 e. The molecule has 192 valence electrons. The summed E-state index contributed by atoms with van der Waals surface area (Å²) in [6, 6.07) is 8.01. The molecule has 1 aliphatic carbocycles. The van der Waals surface area contributed by atoms with Crippen molar-refractivity contribution in [2.45, 2.75) is 31.1 Å². The molecule has 1 fully saturated rings. The van der Waals surface area contributed by atoms with Crippen molar-refractivity contribution in [2.75, 3.05) is 11.9 Å². The summed E-state index contributed by atoms with van der Waals surface area (Å²) in [6.07, 6.45) is 1.35. The van der Waals surface area contributed by atoms with Crippen LogP contribution in [0.3, 0.4) is 0 Å². The molecule has 2 aromatic heterocycles. The van der Waals surface area contributed by atoms with Crippen molar-refractivity contribution in [1.29, 1.82) is 0 Å². The highest BCUT2D eigenvalue weighted by atomic mass is 35.5. The van der Waals surface area contributed by atoms with Crippen molar-refractivity contribution < 1.29 is 27.6 Å². The summed E-state index contributed by atoms with van der Waals surface area (Å²) in [5, 5.41) is 29.5. The number of ketones is 1. The number of carbonyl (C=O) groups is 1. The molecule has 0 amide bonds. The third kappa shape index (κ3) is 6.21. The lowest BCUT2D eigenvalue weighted by molar-refractivity contribution is 0.101. The topological polar surface area (TPSA) is 165 Å².